The van der Waals surface area contributed by atoms with Crippen molar-refractivity contribution in [2.24, 2.45) is 11.8 Å². The van der Waals surface area contributed by atoms with Gasteiger partial charge in [-0.05, 0) is 12.8 Å². The number of amides is 1. The summed E-state index contributed by atoms with van der Waals surface area (Å²) in [5.41, 5.74) is 0. The van der Waals surface area contributed by atoms with Crippen LogP contribution in [0.1, 0.15) is 19.8 Å². The lowest BCUT2D eigenvalue weighted by Gasteiger charge is -2.11. The molecule has 1 N–H and O–H groups in total. The monoisotopic (exact) mass is 185 g/mol. The molecule has 1 aliphatic rings. The van der Waals surface area contributed by atoms with E-state index in [1.165, 1.54) is 7.11 Å². The Morgan fingerprint density at radius 1 is 1.77 bits per heavy atom. The van der Waals surface area contributed by atoms with Crippen LogP contribution >= 0.6 is 0 Å². The third-order valence-corrected chi connectivity index (χ3v) is 2.40. The van der Waals surface area contributed by atoms with E-state index in [2.05, 4.69) is 10.1 Å². The Hall–Kier alpha value is -1.06. The van der Waals surface area contributed by atoms with Gasteiger partial charge in [0.25, 0.3) is 0 Å². The molecule has 0 spiro atoms. The molecule has 1 saturated heterocycles. The number of hydrogen-bond donors (Lipinski definition) is 1. The van der Waals surface area contributed by atoms with Crippen molar-refractivity contribution in [3.8, 4) is 0 Å². The molecule has 1 aliphatic heterocycles. The molecule has 0 aromatic heterocycles. The second-order valence-electron chi connectivity index (χ2n) is 3.44. The lowest BCUT2D eigenvalue weighted by molar-refractivity contribution is -0.145. The first-order valence-electron chi connectivity index (χ1n) is 4.50. The van der Waals surface area contributed by atoms with Crippen LogP contribution in [0.2, 0.25) is 0 Å². The number of esters is 1. The molecule has 0 aliphatic carbocycles. The molecular weight excluding hydrogens is 170 g/mol. The quantitative estimate of drug-likeness (QED) is 0.644. The predicted octanol–water partition coefficient (Wildman–Crippen LogP) is 0.322. The van der Waals surface area contributed by atoms with Crippen LogP contribution in [0.4, 0.5) is 0 Å². The van der Waals surface area contributed by atoms with Crippen molar-refractivity contribution in [2.45, 2.75) is 19.8 Å². The Bertz CT molecular complexity index is 215. The van der Waals surface area contributed by atoms with E-state index >= 15 is 0 Å². The Morgan fingerprint density at radius 3 is 2.92 bits per heavy atom. The third kappa shape index (κ3) is 2.44. The zero-order chi connectivity index (χ0) is 9.84. The largest absolute Gasteiger partial charge is 0.469 e. The van der Waals surface area contributed by atoms with Crippen LogP contribution in [-0.2, 0) is 14.3 Å². The van der Waals surface area contributed by atoms with Gasteiger partial charge in [-0.1, -0.05) is 6.92 Å². The SMILES string of the molecule is COC(=O)C(C)CC1CCNC1=O. The number of carbonyl (C=O) groups excluding carboxylic acids is 2. The topological polar surface area (TPSA) is 55.4 Å². The zero-order valence-corrected chi connectivity index (χ0v) is 8.00. The minimum Gasteiger partial charge on any atom is -0.469 e. The Morgan fingerprint density at radius 2 is 2.46 bits per heavy atom. The van der Waals surface area contributed by atoms with E-state index in [9.17, 15) is 9.59 Å². The van der Waals surface area contributed by atoms with Crippen LogP contribution in [-0.4, -0.2) is 25.5 Å². The maximum Gasteiger partial charge on any atom is 0.308 e. The second kappa shape index (κ2) is 4.25. The van der Waals surface area contributed by atoms with Crippen LogP contribution in [0.5, 0.6) is 0 Å². The van der Waals surface area contributed by atoms with E-state index < -0.39 is 0 Å². The lowest BCUT2D eigenvalue weighted by Crippen LogP contribution is -2.23. The molecule has 1 amide bonds. The molecule has 4 heteroatoms. The first-order valence-corrected chi connectivity index (χ1v) is 4.50. The molecule has 74 valence electrons. The van der Waals surface area contributed by atoms with Gasteiger partial charge in [-0.15, -0.1) is 0 Å². The van der Waals surface area contributed by atoms with Gasteiger partial charge in [0.1, 0.15) is 0 Å². The van der Waals surface area contributed by atoms with Gasteiger partial charge in [-0.2, -0.15) is 0 Å². The van der Waals surface area contributed by atoms with E-state index in [0.717, 1.165) is 13.0 Å². The van der Waals surface area contributed by atoms with Gasteiger partial charge in [0.2, 0.25) is 5.91 Å². The number of ether oxygens (including phenoxy) is 1. The fraction of sp³-hybridized carbons (Fsp3) is 0.778. The Labute approximate surface area is 77.6 Å². The summed E-state index contributed by atoms with van der Waals surface area (Å²) >= 11 is 0. The van der Waals surface area contributed by atoms with Gasteiger partial charge >= 0.3 is 5.97 Å². The fourth-order valence-electron chi connectivity index (χ4n) is 1.59. The van der Waals surface area contributed by atoms with E-state index in [1.54, 1.807) is 6.92 Å². The maximum atomic E-state index is 11.2. The van der Waals surface area contributed by atoms with Gasteiger partial charge in [-0.3, -0.25) is 9.59 Å². The molecule has 0 radical (unpaired) electrons. The van der Waals surface area contributed by atoms with Crippen molar-refractivity contribution < 1.29 is 14.3 Å². The van der Waals surface area contributed by atoms with Gasteiger partial charge < -0.3 is 10.1 Å². The van der Waals surface area contributed by atoms with Gasteiger partial charge in [-0.25, -0.2) is 0 Å². The van der Waals surface area contributed by atoms with Crippen molar-refractivity contribution in [1.29, 1.82) is 0 Å². The number of nitrogens with one attached hydrogen (secondary N) is 1. The van der Waals surface area contributed by atoms with Crippen molar-refractivity contribution in [1.82, 2.24) is 5.32 Å². The zero-order valence-electron chi connectivity index (χ0n) is 8.00. The van der Waals surface area contributed by atoms with Crippen LogP contribution in [0, 0.1) is 11.8 Å². The molecule has 13 heavy (non-hydrogen) atoms. The molecule has 0 bridgehead atoms. The summed E-state index contributed by atoms with van der Waals surface area (Å²) in [5.74, 6) is -0.358. The Kier molecular flexibility index (Phi) is 3.28. The highest BCUT2D eigenvalue weighted by Gasteiger charge is 2.28. The van der Waals surface area contributed by atoms with Crippen LogP contribution in [0.25, 0.3) is 0 Å². The number of carbonyl (C=O) groups is 2. The minimum absolute atomic E-state index is 0.00546. The molecule has 0 aromatic carbocycles. The third-order valence-electron chi connectivity index (χ3n) is 2.40. The molecule has 4 nitrogen and oxygen atoms in total. The van der Waals surface area contributed by atoms with Crippen molar-refractivity contribution in [2.75, 3.05) is 13.7 Å². The summed E-state index contributed by atoms with van der Waals surface area (Å²) < 4.78 is 4.59. The molecule has 1 heterocycles. The summed E-state index contributed by atoms with van der Waals surface area (Å²) in [6.07, 6.45) is 1.43. The van der Waals surface area contributed by atoms with Crippen LogP contribution in [0.3, 0.4) is 0 Å². The van der Waals surface area contributed by atoms with Crippen LogP contribution < -0.4 is 5.32 Å². The summed E-state index contributed by atoms with van der Waals surface area (Å²) in [4.78, 5) is 22.2. The van der Waals surface area contributed by atoms with Crippen molar-refractivity contribution in [3.63, 3.8) is 0 Å². The summed E-state index contributed by atoms with van der Waals surface area (Å²) in [6.45, 7) is 2.52. The summed E-state index contributed by atoms with van der Waals surface area (Å²) in [6, 6.07) is 0. The maximum absolute atomic E-state index is 11.2. The highest BCUT2D eigenvalue weighted by Crippen LogP contribution is 2.19. The highest BCUT2D eigenvalue weighted by molar-refractivity contribution is 5.81. The van der Waals surface area contributed by atoms with Crippen molar-refractivity contribution >= 4 is 11.9 Å². The fourth-order valence-corrected chi connectivity index (χ4v) is 1.59. The summed E-state index contributed by atoms with van der Waals surface area (Å²) in [5, 5.41) is 2.74. The van der Waals surface area contributed by atoms with E-state index in [-0.39, 0.29) is 23.7 Å². The van der Waals surface area contributed by atoms with Crippen molar-refractivity contribution in [3.05, 3.63) is 0 Å². The number of hydrogen-bond acceptors (Lipinski definition) is 3. The average molecular weight is 185 g/mol. The first-order chi connectivity index (χ1) is 6.15. The molecule has 1 fully saturated rings. The van der Waals surface area contributed by atoms with E-state index in [0.29, 0.717) is 6.42 Å². The normalized spacial score (nSPS) is 23.8. The Balaban J connectivity index is 2.39. The van der Waals surface area contributed by atoms with Gasteiger partial charge in [0, 0.05) is 12.5 Å². The second-order valence-corrected chi connectivity index (χ2v) is 3.44. The van der Waals surface area contributed by atoms with Gasteiger partial charge in [0.05, 0.1) is 13.0 Å². The van der Waals surface area contributed by atoms with Crippen LogP contribution in [0.15, 0.2) is 0 Å². The molecule has 0 saturated carbocycles. The molecule has 2 atom stereocenters. The number of methoxy groups -OCH3 is 1. The first kappa shape index (κ1) is 10.0. The number of rotatable bonds is 3. The summed E-state index contributed by atoms with van der Waals surface area (Å²) in [7, 11) is 1.37. The average Bonchev–Trinajstić information content (AvgIpc) is 2.50. The lowest BCUT2D eigenvalue weighted by atomic mass is 9.95. The molecule has 1 rings (SSSR count). The smallest absolute Gasteiger partial charge is 0.308 e. The standard InChI is InChI=1S/C9H15NO3/c1-6(9(12)13-2)5-7-3-4-10-8(7)11/h6-7H,3-5H2,1-2H3,(H,10,11). The van der Waals surface area contributed by atoms with E-state index in [4.69, 9.17) is 0 Å². The van der Waals surface area contributed by atoms with Gasteiger partial charge in [0.15, 0.2) is 0 Å². The highest BCUT2D eigenvalue weighted by atomic mass is 16.5. The van der Waals surface area contributed by atoms with E-state index in [1.807, 2.05) is 0 Å². The molecule has 2 unspecified atom stereocenters. The molecular formula is C9H15NO3. The minimum atomic E-state index is -0.236. The molecule has 0 aromatic rings. The predicted molar refractivity (Wildman–Crippen MR) is 46.9 cm³/mol.